The first-order valence-corrected chi connectivity index (χ1v) is 16.2. The third-order valence-corrected chi connectivity index (χ3v) is 9.59. The maximum Gasteiger partial charge on any atom is 0.173 e. The lowest BCUT2D eigenvalue weighted by atomic mass is 9.97. The smallest absolute Gasteiger partial charge is 0.173 e. The third-order valence-electron chi connectivity index (χ3n) is 8.82. The van der Waals surface area contributed by atoms with Gasteiger partial charge in [0.2, 0.25) is 0 Å². The number of aromatic nitrogens is 3. The Labute approximate surface area is 270 Å². The van der Waals surface area contributed by atoms with Gasteiger partial charge in [-0.3, -0.25) is 0 Å². The molecule has 0 fully saturated rings. The van der Waals surface area contributed by atoms with Crippen LogP contribution in [0.5, 0.6) is 0 Å². The van der Waals surface area contributed by atoms with Crippen molar-refractivity contribution in [1.82, 2.24) is 13.9 Å². The largest absolute Gasteiger partial charge is 0.309 e. The monoisotopic (exact) mass is 605 g/mol. The van der Waals surface area contributed by atoms with Crippen LogP contribution in [0.4, 0.5) is 0 Å². The van der Waals surface area contributed by atoms with E-state index in [2.05, 4.69) is 168 Å². The SMILES string of the molecule is c1ccc(-c2cccc3c2c2ccccc2n3-c2ccc(-c3nc(-c4ccc(-c5cccc6ccccc56)cc4)ns3)cc2)cc1. The van der Waals surface area contributed by atoms with Crippen LogP contribution in [0.15, 0.2) is 164 Å². The molecule has 216 valence electrons. The van der Waals surface area contributed by atoms with Crippen molar-refractivity contribution in [1.29, 1.82) is 0 Å². The Balaban J connectivity index is 1.05. The van der Waals surface area contributed by atoms with Crippen LogP contribution in [-0.2, 0) is 0 Å². The zero-order chi connectivity index (χ0) is 30.5. The average Bonchev–Trinajstić information content (AvgIpc) is 3.76. The zero-order valence-electron chi connectivity index (χ0n) is 24.8. The molecule has 2 aromatic heterocycles. The lowest BCUT2D eigenvalue weighted by Gasteiger charge is -2.09. The van der Waals surface area contributed by atoms with E-state index in [4.69, 9.17) is 9.36 Å². The fraction of sp³-hybridized carbons (Fsp3) is 0. The second-order valence-electron chi connectivity index (χ2n) is 11.5. The van der Waals surface area contributed by atoms with Crippen molar-refractivity contribution >= 4 is 44.1 Å². The maximum atomic E-state index is 4.94. The van der Waals surface area contributed by atoms with E-state index >= 15 is 0 Å². The van der Waals surface area contributed by atoms with Crippen molar-refractivity contribution in [3.05, 3.63) is 164 Å². The predicted octanol–water partition coefficient (Wildman–Crippen LogP) is 11.5. The van der Waals surface area contributed by atoms with Gasteiger partial charge in [-0.1, -0.05) is 127 Å². The Hall–Kier alpha value is -5.84. The maximum absolute atomic E-state index is 4.94. The number of fused-ring (bicyclic) bond motifs is 4. The molecule has 7 aromatic carbocycles. The average molecular weight is 606 g/mol. The molecule has 4 heteroatoms. The molecule has 0 radical (unpaired) electrons. The molecule has 2 heterocycles. The number of benzene rings is 7. The number of hydrogen-bond acceptors (Lipinski definition) is 3. The van der Waals surface area contributed by atoms with Crippen LogP contribution in [0, 0.1) is 0 Å². The molecule has 9 aromatic rings. The molecule has 0 saturated heterocycles. The van der Waals surface area contributed by atoms with Crippen LogP contribution in [0.3, 0.4) is 0 Å². The molecule has 0 aliphatic heterocycles. The van der Waals surface area contributed by atoms with Crippen LogP contribution in [0.1, 0.15) is 0 Å². The Morgan fingerprint density at radius 1 is 0.435 bits per heavy atom. The second kappa shape index (κ2) is 11.0. The van der Waals surface area contributed by atoms with Gasteiger partial charge in [0.25, 0.3) is 0 Å². The molecule has 0 N–H and O–H groups in total. The Morgan fingerprint density at radius 2 is 1.04 bits per heavy atom. The van der Waals surface area contributed by atoms with Gasteiger partial charge in [-0.2, -0.15) is 4.37 Å². The van der Waals surface area contributed by atoms with Gasteiger partial charge in [-0.15, -0.1) is 0 Å². The molecule has 0 bridgehead atoms. The molecule has 46 heavy (non-hydrogen) atoms. The fourth-order valence-corrected chi connectivity index (χ4v) is 7.33. The van der Waals surface area contributed by atoms with Gasteiger partial charge >= 0.3 is 0 Å². The summed E-state index contributed by atoms with van der Waals surface area (Å²) >= 11 is 1.44. The third kappa shape index (κ3) is 4.42. The number of hydrogen-bond donors (Lipinski definition) is 0. The summed E-state index contributed by atoms with van der Waals surface area (Å²) in [4.78, 5) is 4.94. The van der Waals surface area contributed by atoms with Crippen LogP contribution < -0.4 is 0 Å². The highest BCUT2D eigenvalue weighted by molar-refractivity contribution is 7.09. The Kier molecular flexibility index (Phi) is 6.32. The minimum atomic E-state index is 0.754. The summed E-state index contributed by atoms with van der Waals surface area (Å²) in [6, 6.07) is 58.2. The van der Waals surface area contributed by atoms with E-state index in [9.17, 15) is 0 Å². The lowest BCUT2D eigenvalue weighted by molar-refractivity contribution is 1.18. The molecule has 0 aliphatic carbocycles. The van der Waals surface area contributed by atoms with Crippen LogP contribution in [0.25, 0.3) is 82.5 Å². The standard InChI is InChI=1S/C42H27N3S/c1-2-10-29(11-3-1)36-17-9-19-39-40(36)37-15-6-7-18-38(37)45(39)33-26-24-32(25-27-33)42-43-41(44-46-42)31-22-20-30(21-23-31)35-16-8-13-28-12-4-5-14-34(28)35/h1-27H. The van der Waals surface area contributed by atoms with Gasteiger partial charge < -0.3 is 4.57 Å². The van der Waals surface area contributed by atoms with Gasteiger partial charge in [0.1, 0.15) is 5.01 Å². The van der Waals surface area contributed by atoms with Crippen molar-refractivity contribution in [2.45, 2.75) is 0 Å². The molecule has 0 amide bonds. The summed E-state index contributed by atoms with van der Waals surface area (Å²) in [5.74, 6) is 0.754. The van der Waals surface area contributed by atoms with Gasteiger partial charge in [0, 0.05) is 27.6 Å². The molecule has 0 aliphatic rings. The predicted molar refractivity (Wildman–Crippen MR) is 193 cm³/mol. The topological polar surface area (TPSA) is 30.7 Å². The van der Waals surface area contributed by atoms with Crippen LogP contribution >= 0.6 is 11.5 Å². The number of rotatable bonds is 5. The van der Waals surface area contributed by atoms with Crippen LogP contribution in [-0.4, -0.2) is 13.9 Å². The van der Waals surface area contributed by atoms with Crippen molar-refractivity contribution in [3.63, 3.8) is 0 Å². The summed E-state index contributed by atoms with van der Waals surface area (Å²) in [6.45, 7) is 0. The molecule has 0 spiro atoms. The first-order valence-electron chi connectivity index (χ1n) is 15.4. The second-order valence-corrected chi connectivity index (χ2v) is 12.2. The van der Waals surface area contributed by atoms with Crippen molar-refractivity contribution in [3.8, 4) is 49.9 Å². The van der Waals surface area contributed by atoms with E-state index < -0.39 is 0 Å². The molecule has 0 unspecified atom stereocenters. The minimum absolute atomic E-state index is 0.754. The normalized spacial score (nSPS) is 11.5. The van der Waals surface area contributed by atoms with Crippen LogP contribution in [0.2, 0.25) is 0 Å². The first kappa shape index (κ1) is 26.6. The van der Waals surface area contributed by atoms with Crippen molar-refractivity contribution in [2.24, 2.45) is 0 Å². The number of para-hydroxylation sites is 1. The highest BCUT2D eigenvalue weighted by Crippen LogP contribution is 2.39. The quantitative estimate of drug-likeness (QED) is 0.195. The highest BCUT2D eigenvalue weighted by atomic mass is 32.1. The van der Waals surface area contributed by atoms with E-state index in [1.54, 1.807) is 0 Å². The van der Waals surface area contributed by atoms with Gasteiger partial charge in [0.15, 0.2) is 5.82 Å². The summed E-state index contributed by atoms with van der Waals surface area (Å²) in [5.41, 5.74) is 10.5. The summed E-state index contributed by atoms with van der Waals surface area (Å²) in [7, 11) is 0. The molecular formula is C42H27N3S. The van der Waals surface area contributed by atoms with Gasteiger partial charge in [-0.25, -0.2) is 4.98 Å². The molecular weight excluding hydrogens is 579 g/mol. The summed E-state index contributed by atoms with van der Waals surface area (Å²) < 4.78 is 7.10. The summed E-state index contributed by atoms with van der Waals surface area (Å²) in [5, 5.41) is 5.94. The van der Waals surface area contributed by atoms with Crippen molar-refractivity contribution < 1.29 is 0 Å². The van der Waals surface area contributed by atoms with E-state index in [0.717, 1.165) is 27.6 Å². The number of nitrogens with zero attached hydrogens (tertiary/aromatic N) is 3. The lowest BCUT2D eigenvalue weighted by Crippen LogP contribution is -1.93. The zero-order valence-corrected chi connectivity index (χ0v) is 25.7. The fourth-order valence-electron chi connectivity index (χ4n) is 6.64. The van der Waals surface area contributed by atoms with Gasteiger partial charge in [-0.05, 0) is 81.0 Å². The van der Waals surface area contributed by atoms with E-state index in [-0.39, 0.29) is 0 Å². The van der Waals surface area contributed by atoms with Gasteiger partial charge in [0.05, 0.1) is 11.0 Å². The minimum Gasteiger partial charge on any atom is -0.309 e. The molecule has 3 nitrogen and oxygen atoms in total. The molecule has 0 saturated carbocycles. The first-order chi connectivity index (χ1) is 22.8. The highest BCUT2D eigenvalue weighted by Gasteiger charge is 2.16. The Bertz CT molecular complexity index is 2500. The molecule has 0 atom stereocenters. The van der Waals surface area contributed by atoms with E-state index in [0.29, 0.717) is 0 Å². The Morgan fingerprint density at radius 3 is 1.89 bits per heavy atom. The van der Waals surface area contributed by atoms with E-state index in [1.807, 2.05) is 0 Å². The summed E-state index contributed by atoms with van der Waals surface area (Å²) in [6.07, 6.45) is 0. The van der Waals surface area contributed by atoms with Crippen molar-refractivity contribution in [2.75, 3.05) is 0 Å². The molecule has 9 rings (SSSR count). The van der Waals surface area contributed by atoms with E-state index in [1.165, 1.54) is 66.4 Å².